The lowest BCUT2D eigenvalue weighted by molar-refractivity contribution is -0.157. The second-order valence-corrected chi connectivity index (χ2v) is 4.25. The molecule has 15 heavy (non-hydrogen) atoms. The molecule has 0 aromatic heterocycles. The van der Waals surface area contributed by atoms with Crippen LogP contribution in [0.2, 0.25) is 0 Å². The first kappa shape index (κ1) is 12.6. The van der Waals surface area contributed by atoms with E-state index in [1.807, 2.05) is 0 Å². The molecule has 1 saturated heterocycles. The third-order valence-corrected chi connectivity index (χ3v) is 2.45. The van der Waals surface area contributed by atoms with Crippen molar-refractivity contribution in [1.82, 2.24) is 0 Å². The molecule has 1 aliphatic rings. The summed E-state index contributed by atoms with van der Waals surface area (Å²) in [5.41, 5.74) is 0. The molecule has 2 N–H and O–H groups in total. The van der Waals surface area contributed by atoms with Gasteiger partial charge in [-0.2, -0.15) is 0 Å². The second kappa shape index (κ2) is 5.07. The average molecular weight is 216 g/mol. The Hall–Kier alpha value is -0.420. The fourth-order valence-electron chi connectivity index (χ4n) is 1.78. The summed E-state index contributed by atoms with van der Waals surface area (Å²) in [7, 11) is 0. The zero-order valence-corrected chi connectivity index (χ0v) is 9.35. The molecular weight excluding hydrogens is 196 g/mol. The molecule has 0 aliphatic carbocycles. The van der Waals surface area contributed by atoms with Gasteiger partial charge in [-0.1, -0.05) is 6.08 Å². The fraction of sp³-hybridized carbons (Fsp3) is 0.818. The predicted molar refractivity (Wildman–Crippen MR) is 56.3 cm³/mol. The second-order valence-electron chi connectivity index (χ2n) is 4.25. The zero-order valence-electron chi connectivity index (χ0n) is 9.35. The van der Waals surface area contributed by atoms with Crippen LogP contribution in [0.1, 0.15) is 26.7 Å². The van der Waals surface area contributed by atoms with E-state index in [-0.39, 0.29) is 6.61 Å². The number of aliphatic hydroxyl groups is 2. The van der Waals surface area contributed by atoms with Gasteiger partial charge in [0.25, 0.3) is 0 Å². The van der Waals surface area contributed by atoms with Gasteiger partial charge in [0.1, 0.15) is 12.2 Å². The van der Waals surface area contributed by atoms with Crippen molar-refractivity contribution in [3.63, 3.8) is 0 Å². The Kier molecular flexibility index (Phi) is 4.28. The van der Waals surface area contributed by atoms with Gasteiger partial charge in [-0.15, -0.1) is 6.58 Å². The van der Waals surface area contributed by atoms with Gasteiger partial charge in [0, 0.05) is 0 Å². The number of rotatable bonds is 5. The number of hydrogen-bond acceptors (Lipinski definition) is 4. The van der Waals surface area contributed by atoms with Crippen LogP contribution in [-0.4, -0.2) is 40.9 Å². The van der Waals surface area contributed by atoms with E-state index in [2.05, 4.69) is 6.58 Å². The van der Waals surface area contributed by atoms with Gasteiger partial charge in [-0.05, 0) is 26.7 Å². The summed E-state index contributed by atoms with van der Waals surface area (Å²) >= 11 is 0. The van der Waals surface area contributed by atoms with Crippen molar-refractivity contribution in [3.8, 4) is 0 Å². The summed E-state index contributed by atoms with van der Waals surface area (Å²) in [6.45, 7) is 7.00. The zero-order chi connectivity index (χ0) is 11.5. The lowest BCUT2D eigenvalue weighted by Crippen LogP contribution is -2.37. The molecular formula is C11H20O4. The molecule has 1 heterocycles. The summed E-state index contributed by atoms with van der Waals surface area (Å²) in [5.74, 6) is -0.729. The molecule has 1 aliphatic heterocycles. The van der Waals surface area contributed by atoms with Crippen molar-refractivity contribution < 1.29 is 19.7 Å². The highest BCUT2D eigenvalue weighted by atomic mass is 16.8. The monoisotopic (exact) mass is 216 g/mol. The summed E-state index contributed by atoms with van der Waals surface area (Å²) in [4.78, 5) is 0. The van der Waals surface area contributed by atoms with Gasteiger partial charge in [-0.25, -0.2) is 0 Å². The van der Waals surface area contributed by atoms with Crippen LogP contribution in [0.25, 0.3) is 0 Å². The minimum atomic E-state index is -0.729. The average Bonchev–Trinajstić information content (AvgIpc) is 2.50. The van der Waals surface area contributed by atoms with Gasteiger partial charge in [0.05, 0.1) is 12.7 Å². The Morgan fingerprint density at radius 3 is 2.67 bits per heavy atom. The van der Waals surface area contributed by atoms with Crippen molar-refractivity contribution in [2.45, 2.75) is 50.8 Å². The van der Waals surface area contributed by atoms with E-state index in [1.54, 1.807) is 19.9 Å². The molecule has 4 nitrogen and oxygen atoms in total. The summed E-state index contributed by atoms with van der Waals surface area (Å²) in [6, 6.07) is 0. The summed E-state index contributed by atoms with van der Waals surface area (Å²) in [5, 5.41) is 19.0. The Bertz CT molecular complexity index is 215. The van der Waals surface area contributed by atoms with E-state index in [4.69, 9.17) is 14.6 Å². The Labute approximate surface area is 90.5 Å². The van der Waals surface area contributed by atoms with Crippen molar-refractivity contribution in [2.24, 2.45) is 0 Å². The van der Waals surface area contributed by atoms with Gasteiger partial charge in [0.2, 0.25) is 0 Å². The van der Waals surface area contributed by atoms with Gasteiger partial charge in [-0.3, -0.25) is 0 Å². The van der Waals surface area contributed by atoms with Gasteiger partial charge < -0.3 is 19.7 Å². The predicted octanol–water partition coefficient (Wildman–Crippen LogP) is 0.826. The fourth-order valence-corrected chi connectivity index (χ4v) is 1.78. The molecule has 88 valence electrons. The molecule has 0 bridgehead atoms. The van der Waals surface area contributed by atoms with Crippen LogP contribution < -0.4 is 0 Å². The minimum absolute atomic E-state index is 0.140. The maximum Gasteiger partial charge on any atom is 0.164 e. The SMILES string of the molecule is C=CCC[C@@H](O)[C@H]1OC(C)(C)O[C@H]1CO. The van der Waals surface area contributed by atoms with Crippen LogP contribution in [0, 0.1) is 0 Å². The van der Waals surface area contributed by atoms with Crippen LogP contribution in [-0.2, 0) is 9.47 Å². The first-order chi connectivity index (χ1) is 7.00. The Morgan fingerprint density at radius 1 is 1.47 bits per heavy atom. The van der Waals surface area contributed by atoms with Gasteiger partial charge >= 0.3 is 0 Å². The van der Waals surface area contributed by atoms with Crippen molar-refractivity contribution >= 4 is 0 Å². The Balaban J connectivity index is 2.55. The quantitative estimate of drug-likeness (QED) is 0.668. The van der Waals surface area contributed by atoms with Crippen LogP contribution in [0.5, 0.6) is 0 Å². The highest BCUT2D eigenvalue weighted by Gasteiger charge is 2.43. The van der Waals surface area contributed by atoms with E-state index in [9.17, 15) is 5.11 Å². The molecule has 0 amide bonds. The molecule has 0 aromatic carbocycles. The van der Waals surface area contributed by atoms with Crippen LogP contribution in [0.15, 0.2) is 12.7 Å². The summed E-state index contributed by atoms with van der Waals surface area (Å²) in [6.07, 6.45) is 1.52. The third kappa shape index (κ3) is 3.28. The maximum absolute atomic E-state index is 9.85. The van der Waals surface area contributed by atoms with Gasteiger partial charge in [0.15, 0.2) is 5.79 Å². The maximum atomic E-state index is 9.85. The number of aliphatic hydroxyl groups excluding tert-OH is 2. The first-order valence-electron chi connectivity index (χ1n) is 5.25. The highest BCUT2D eigenvalue weighted by molar-refractivity contribution is 4.87. The van der Waals surface area contributed by atoms with E-state index >= 15 is 0 Å². The van der Waals surface area contributed by atoms with Crippen LogP contribution >= 0.6 is 0 Å². The van der Waals surface area contributed by atoms with E-state index in [0.717, 1.165) is 6.42 Å². The van der Waals surface area contributed by atoms with Crippen LogP contribution in [0.3, 0.4) is 0 Å². The molecule has 0 aromatic rings. The number of ether oxygens (including phenoxy) is 2. The molecule has 1 fully saturated rings. The molecule has 4 heteroatoms. The molecule has 3 atom stereocenters. The molecule has 0 spiro atoms. The number of allylic oxidation sites excluding steroid dienone is 1. The Morgan fingerprint density at radius 2 is 2.13 bits per heavy atom. The van der Waals surface area contributed by atoms with Crippen molar-refractivity contribution in [1.29, 1.82) is 0 Å². The highest BCUT2D eigenvalue weighted by Crippen LogP contribution is 2.30. The number of hydrogen-bond donors (Lipinski definition) is 2. The van der Waals surface area contributed by atoms with E-state index < -0.39 is 24.1 Å². The van der Waals surface area contributed by atoms with Crippen LogP contribution in [0.4, 0.5) is 0 Å². The molecule has 0 radical (unpaired) electrons. The summed E-state index contributed by atoms with van der Waals surface area (Å²) < 4.78 is 11.0. The van der Waals surface area contributed by atoms with E-state index in [1.165, 1.54) is 0 Å². The lowest BCUT2D eigenvalue weighted by atomic mass is 10.0. The van der Waals surface area contributed by atoms with Crippen molar-refractivity contribution in [2.75, 3.05) is 6.61 Å². The van der Waals surface area contributed by atoms with Crippen molar-refractivity contribution in [3.05, 3.63) is 12.7 Å². The lowest BCUT2D eigenvalue weighted by Gasteiger charge is -2.21. The standard InChI is InChI=1S/C11H20O4/c1-4-5-6-8(13)10-9(7-12)14-11(2,3)15-10/h4,8-10,12-13H,1,5-7H2,2-3H3/t8-,9+,10-/m1/s1. The topological polar surface area (TPSA) is 58.9 Å². The molecule has 0 saturated carbocycles. The minimum Gasteiger partial charge on any atom is -0.394 e. The third-order valence-electron chi connectivity index (χ3n) is 2.45. The van der Waals surface area contributed by atoms with E-state index in [0.29, 0.717) is 6.42 Å². The largest absolute Gasteiger partial charge is 0.394 e. The normalized spacial score (nSPS) is 31.5. The molecule has 1 rings (SSSR count). The molecule has 0 unspecified atom stereocenters. The smallest absolute Gasteiger partial charge is 0.164 e. The first-order valence-corrected chi connectivity index (χ1v) is 5.25.